The standard InChI is InChI=1S/C22H38N2O7.C11H14O4/c1-7-30-17-14-19(26-5)18(20(15-17)27-6)16-23-8-10-28-12-13-29-11-9-24-21(25)31-22(2,3)4;1-4-15-8-5-10(13-2)9(7-12)11(6-8)14-3/h14-15,23H,7-13,16H2,1-6H3,(H,24,25);5-7H,4H2,1-3H3. The van der Waals surface area contributed by atoms with E-state index >= 15 is 0 Å². The van der Waals surface area contributed by atoms with E-state index in [-0.39, 0.29) is 0 Å². The highest BCUT2D eigenvalue weighted by atomic mass is 16.6. The van der Waals surface area contributed by atoms with E-state index in [9.17, 15) is 9.59 Å². The molecule has 13 nitrogen and oxygen atoms in total. The number of amides is 1. The second-order valence-corrected chi connectivity index (χ2v) is 10.4. The van der Waals surface area contributed by atoms with Gasteiger partial charge in [0.15, 0.2) is 6.29 Å². The molecular formula is C33H52N2O11. The topological polar surface area (TPSA) is 141 Å². The van der Waals surface area contributed by atoms with Gasteiger partial charge in [-0.1, -0.05) is 0 Å². The van der Waals surface area contributed by atoms with Crippen molar-refractivity contribution in [1.29, 1.82) is 0 Å². The molecule has 0 aliphatic carbocycles. The number of hydrogen-bond acceptors (Lipinski definition) is 12. The maximum absolute atomic E-state index is 11.5. The molecule has 0 bridgehead atoms. The van der Waals surface area contributed by atoms with E-state index in [4.69, 9.17) is 42.6 Å². The van der Waals surface area contributed by atoms with E-state index in [0.29, 0.717) is 106 Å². The molecule has 0 radical (unpaired) electrons. The lowest BCUT2D eigenvalue weighted by Gasteiger charge is -2.19. The normalized spacial score (nSPS) is 10.6. The Morgan fingerprint density at radius 3 is 1.59 bits per heavy atom. The van der Waals surface area contributed by atoms with Crippen LogP contribution in [0.4, 0.5) is 4.79 Å². The van der Waals surface area contributed by atoms with Crippen LogP contribution in [0.25, 0.3) is 0 Å². The van der Waals surface area contributed by atoms with E-state index in [1.165, 1.54) is 14.2 Å². The van der Waals surface area contributed by atoms with Gasteiger partial charge in [-0.3, -0.25) is 4.79 Å². The summed E-state index contributed by atoms with van der Waals surface area (Å²) in [6, 6.07) is 7.04. The summed E-state index contributed by atoms with van der Waals surface area (Å²) < 4.78 is 48.1. The first-order chi connectivity index (χ1) is 22.1. The second-order valence-electron chi connectivity index (χ2n) is 10.4. The van der Waals surface area contributed by atoms with Crippen molar-refractivity contribution in [1.82, 2.24) is 10.6 Å². The van der Waals surface area contributed by atoms with Gasteiger partial charge in [0, 0.05) is 43.9 Å². The zero-order valence-corrected chi connectivity index (χ0v) is 28.7. The van der Waals surface area contributed by atoms with Gasteiger partial charge in [0.25, 0.3) is 0 Å². The smallest absolute Gasteiger partial charge is 0.407 e. The predicted octanol–water partition coefficient (Wildman–Crippen LogP) is 4.67. The summed E-state index contributed by atoms with van der Waals surface area (Å²) in [5.41, 5.74) is 0.813. The van der Waals surface area contributed by atoms with E-state index in [0.717, 1.165) is 5.56 Å². The molecule has 0 aliphatic rings. The molecule has 0 aromatic heterocycles. The highest BCUT2D eigenvalue weighted by Crippen LogP contribution is 2.34. The number of benzene rings is 2. The minimum atomic E-state index is -0.504. The number of methoxy groups -OCH3 is 4. The van der Waals surface area contributed by atoms with Crippen molar-refractivity contribution in [2.24, 2.45) is 0 Å². The number of ether oxygens (including phenoxy) is 9. The van der Waals surface area contributed by atoms with Crippen LogP contribution in [0.15, 0.2) is 24.3 Å². The van der Waals surface area contributed by atoms with Crippen LogP contribution < -0.4 is 39.1 Å². The fourth-order valence-corrected chi connectivity index (χ4v) is 3.88. The minimum absolute atomic E-state index is 0.391. The third-order valence-corrected chi connectivity index (χ3v) is 5.85. The van der Waals surface area contributed by atoms with Gasteiger partial charge in [-0.2, -0.15) is 0 Å². The van der Waals surface area contributed by atoms with Crippen molar-refractivity contribution in [2.75, 3.05) is 81.2 Å². The fourth-order valence-electron chi connectivity index (χ4n) is 3.88. The summed E-state index contributed by atoms with van der Waals surface area (Å²) >= 11 is 0. The van der Waals surface area contributed by atoms with Gasteiger partial charge in [0.2, 0.25) is 0 Å². The molecule has 1 amide bonds. The number of nitrogens with one attached hydrogen (secondary N) is 2. The third kappa shape index (κ3) is 15.4. The zero-order valence-electron chi connectivity index (χ0n) is 28.7. The summed E-state index contributed by atoms with van der Waals surface area (Å²) in [6.45, 7) is 13.9. The molecular weight excluding hydrogens is 600 g/mol. The Kier molecular flexibility index (Phi) is 19.6. The molecule has 2 aromatic rings. The third-order valence-electron chi connectivity index (χ3n) is 5.85. The summed E-state index contributed by atoms with van der Waals surface area (Å²) in [6.07, 6.45) is 0.257. The van der Waals surface area contributed by atoms with Crippen LogP contribution in [0.2, 0.25) is 0 Å². The molecule has 2 aromatic carbocycles. The van der Waals surface area contributed by atoms with E-state index < -0.39 is 11.7 Å². The molecule has 0 atom stereocenters. The number of carbonyl (C=O) groups excluding carboxylic acids is 2. The first kappa shape index (κ1) is 40.1. The first-order valence-electron chi connectivity index (χ1n) is 15.1. The molecule has 13 heteroatoms. The van der Waals surface area contributed by atoms with E-state index in [1.807, 2.05) is 46.8 Å². The minimum Gasteiger partial charge on any atom is -0.496 e. The highest BCUT2D eigenvalue weighted by molar-refractivity contribution is 5.84. The van der Waals surface area contributed by atoms with Crippen LogP contribution in [0, 0.1) is 0 Å². The van der Waals surface area contributed by atoms with Crippen molar-refractivity contribution in [2.45, 2.75) is 46.8 Å². The predicted molar refractivity (Wildman–Crippen MR) is 174 cm³/mol. The molecule has 0 fully saturated rings. The van der Waals surface area contributed by atoms with Crippen LogP contribution in [0.3, 0.4) is 0 Å². The second kappa shape index (κ2) is 22.5. The van der Waals surface area contributed by atoms with Crippen LogP contribution >= 0.6 is 0 Å². The maximum atomic E-state index is 11.5. The number of hydrogen-bond donors (Lipinski definition) is 2. The Bertz CT molecular complexity index is 1120. The molecule has 260 valence electrons. The van der Waals surface area contributed by atoms with Gasteiger partial charge in [-0.15, -0.1) is 0 Å². The first-order valence-corrected chi connectivity index (χ1v) is 15.1. The molecule has 0 saturated heterocycles. The number of carbonyl (C=O) groups is 2. The lowest BCUT2D eigenvalue weighted by molar-refractivity contribution is 0.0403. The fraction of sp³-hybridized carbons (Fsp3) is 0.576. The molecule has 0 heterocycles. The van der Waals surface area contributed by atoms with Crippen molar-refractivity contribution < 1.29 is 52.2 Å². The zero-order chi connectivity index (χ0) is 34.4. The van der Waals surface area contributed by atoms with Gasteiger partial charge in [-0.05, 0) is 34.6 Å². The van der Waals surface area contributed by atoms with Crippen LogP contribution in [0.1, 0.15) is 50.5 Å². The lowest BCUT2D eigenvalue weighted by Crippen LogP contribution is -2.34. The van der Waals surface area contributed by atoms with Crippen LogP contribution in [0.5, 0.6) is 34.5 Å². The summed E-state index contributed by atoms with van der Waals surface area (Å²) in [4.78, 5) is 22.3. The molecule has 2 rings (SSSR count). The van der Waals surface area contributed by atoms with Gasteiger partial charge < -0.3 is 53.3 Å². The van der Waals surface area contributed by atoms with Gasteiger partial charge in [-0.25, -0.2) is 4.79 Å². The Labute approximate surface area is 273 Å². The molecule has 46 heavy (non-hydrogen) atoms. The lowest BCUT2D eigenvalue weighted by atomic mass is 10.1. The quantitative estimate of drug-likeness (QED) is 0.152. The van der Waals surface area contributed by atoms with Gasteiger partial charge in [0.05, 0.1) is 79.2 Å². The monoisotopic (exact) mass is 652 g/mol. The Morgan fingerprint density at radius 1 is 0.717 bits per heavy atom. The Hall–Kier alpha value is -3.94. The van der Waals surface area contributed by atoms with Crippen molar-refractivity contribution in [3.63, 3.8) is 0 Å². The van der Waals surface area contributed by atoms with E-state index in [2.05, 4.69) is 10.6 Å². The molecule has 0 unspecified atom stereocenters. The van der Waals surface area contributed by atoms with E-state index in [1.54, 1.807) is 26.4 Å². The molecule has 0 aliphatic heterocycles. The molecule has 2 N–H and O–H groups in total. The average Bonchev–Trinajstić information content (AvgIpc) is 3.02. The maximum Gasteiger partial charge on any atom is 0.407 e. The summed E-state index contributed by atoms with van der Waals surface area (Å²) in [5, 5.41) is 5.95. The average molecular weight is 653 g/mol. The largest absolute Gasteiger partial charge is 0.496 e. The van der Waals surface area contributed by atoms with Crippen molar-refractivity contribution in [3.05, 3.63) is 35.4 Å². The number of aldehydes is 1. The number of alkyl carbamates (subject to hydrolysis) is 1. The molecule has 0 spiro atoms. The van der Waals surface area contributed by atoms with Gasteiger partial charge in [0.1, 0.15) is 40.1 Å². The summed E-state index contributed by atoms with van der Waals surface area (Å²) in [7, 11) is 6.25. The highest BCUT2D eigenvalue weighted by Gasteiger charge is 2.16. The SMILES string of the molecule is CCOc1cc(OC)c(C=O)c(OC)c1.CCOc1cc(OC)c(CNCCOCCOCCNC(=O)OC(C)(C)C)c(OC)c1. The van der Waals surface area contributed by atoms with Gasteiger partial charge >= 0.3 is 6.09 Å². The van der Waals surface area contributed by atoms with Crippen LogP contribution in [-0.2, 0) is 20.8 Å². The summed E-state index contributed by atoms with van der Waals surface area (Å²) in [5.74, 6) is 3.66. The number of rotatable bonds is 20. The Balaban J connectivity index is 0.000000587. The molecule has 0 saturated carbocycles. The van der Waals surface area contributed by atoms with Crippen molar-refractivity contribution >= 4 is 12.4 Å². The van der Waals surface area contributed by atoms with Crippen LogP contribution in [-0.4, -0.2) is 99.2 Å². The Morgan fingerprint density at radius 2 is 1.17 bits per heavy atom. The van der Waals surface area contributed by atoms with Crippen molar-refractivity contribution in [3.8, 4) is 34.5 Å².